The number of amides is 2. The van der Waals surface area contributed by atoms with E-state index in [0.717, 1.165) is 25.7 Å². The summed E-state index contributed by atoms with van der Waals surface area (Å²) in [6.45, 7) is 0. The Morgan fingerprint density at radius 1 is 0.960 bits per heavy atom. The molecular weight excluding hydrogens is 314 g/mol. The van der Waals surface area contributed by atoms with Crippen LogP contribution in [0.4, 0.5) is 11.5 Å². The number of rotatable bonds is 5. The molecule has 1 aromatic heterocycles. The fraction of sp³-hybridized carbons (Fsp3) is 0.350. The van der Waals surface area contributed by atoms with Gasteiger partial charge in [0.25, 0.3) is 0 Å². The molecule has 1 aromatic carbocycles. The number of benzene rings is 1. The molecular formula is C20H21N3O2. The number of hydrogen-bond acceptors (Lipinski definition) is 3. The van der Waals surface area contributed by atoms with Crippen LogP contribution in [-0.4, -0.2) is 16.8 Å². The van der Waals surface area contributed by atoms with Gasteiger partial charge in [0.15, 0.2) is 0 Å². The van der Waals surface area contributed by atoms with Crippen molar-refractivity contribution in [3.8, 4) is 0 Å². The van der Waals surface area contributed by atoms with Crippen molar-refractivity contribution in [2.75, 3.05) is 10.6 Å². The van der Waals surface area contributed by atoms with Crippen molar-refractivity contribution in [2.24, 2.45) is 11.8 Å². The van der Waals surface area contributed by atoms with Crippen molar-refractivity contribution in [3.05, 3.63) is 54.2 Å². The summed E-state index contributed by atoms with van der Waals surface area (Å²) in [4.78, 5) is 28.5. The zero-order valence-corrected chi connectivity index (χ0v) is 13.9. The van der Waals surface area contributed by atoms with E-state index in [-0.39, 0.29) is 23.7 Å². The first-order valence-electron chi connectivity index (χ1n) is 8.83. The van der Waals surface area contributed by atoms with Crippen molar-refractivity contribution in [1.29, 1.82) is 0 Å². The lowest BCUT2D eigenvalue weighted by atomic mass is 9.85. The molecule has 4 rings (SSSR count). The highest BCUT2D eigenvalue weighted by Gasteiger charge is 2.43. The van der Waals surface area contributed by atoms with Gasteiger partial charge in [0.2, 0.25) is 11.8 Å². The van der Waals surface area contributed by atoms with Crippen LogP contribution in [0.1, 0.15) is 37.2 Å². The molecule has 0 bridgehead atoms. The Morgan fingerprint density at radius 3 is 2.40 bits per heavy atom. The molecule has 2 amide bonds. The molecule has 0 saturated heterocycles. The second-order valence-corrected chi connectivity index (χ2v) is 6.90. The van der Waals surface area contributed by atoms with Crippen LogP contribution in [0.3, 0.4) is 0 Å². The number of anilines is 2. The molecule has 0 aliphatic heterocycles. The predicted octanol–water partition coefficient (Wildman–Crippen LogP) is 3.56. The molecule has 5 heteroatoms. The maximum atomic E-state index is 12.3. The van der Waals surface area contributed by atoms with E-state index in [1.807, 2.05) is 18.2 Å². The Kier molecular flexibility index (Phi) is 4.22. The summed E-state index contributed by atoms with van der Waals surface area (Å²) in [5.41, 5.74) is 1.88. The zero-order chi connectivity index (χ0) is 17.2. The summed E-state index contributed by atoms with van der Waals surface area (Å²) in [5, 5.41) is 5.74. The lowest BCUT2D eigenvalue weighted by molar-refractivity contribution is -0.122. The molecule has 2 atom stereocenters. The fourth-order valence-electron chi connectivity index (χ4n) is 3.23. The first-order chi connectivity index (χ1) is 12.2. The molecule has 2 aliphatic rings. The number of carbonyl (C=O) groups is 2. The third kappa shape index (κ3) is 3.55. The second kappa shape index (κ2) is 6.67. The van der Waals surface area contributed by atoms with E-state index in [1.54, 1.807) is 18.3 Å². The van der Waals surface area contributed by atoms with Crippen LogP contribution < -0.4 is 10.6 Å². The van der Waals surface area contributed by atoms with E-state index >= 15 is 0 Å². The Balaban J connectivity index is 1.31. The maximum absolute atomic E-state index is 12.3. The van der Waals surface area contributed by atoms with Crippen LogP contribution in [0.25, 0.3) is 0 Å². The summed E-state index contributed by atoms with van der Waals surface area (Å²) in [7, 11) is 0. The van der Waals surface area contributed by atoms with Crippen molar-refractivity contribution in [3.63, 3.8) is 0 Å². The minimum absolute atomic E-state index is 0.00704. The summed E-state index contributed by atoms with van der Waals surface area (Å²) in [6, 6.07) is 13.6. The number of hydrogen-bond donors (Lipinski definition) is 2. The maximum Gasteiger partial charge on any atom is 0.229 e. The number of nitrogens with zero attached hydrogens (tertiary/aromatic N) is 1. The summed E-state index contributed by atoms with van der Waals surface area (Å²) < 4.78 is 0. The van der Waals surface area contributed by atoms with Gasteiger partial charge in [-0.25, -0.2) is 4.98 Å². The Bertz CT molecular complexity index is 769. The van der Waals surface area contributed by atoms with E-state index in [4.69, 9.17) is 0 Å². The molecule has 0 unspecified atom stereocenters. The zero-order valence-electron chi connectivity index (χ0n) is 13.9. The van der Waals surface area contributed by atoms with E-state index in [0.29, 0.717) is 17.4 Å². The van der Waals surface area contributed by atoms with Crippen LogP contribution in [0, 0.1) is 11.8 Å². The van der Waals surface area contributed by atoms with Gasteiger partial charge in [0, 0.05) is 11.8 Å². The normalized spacial score (nSPS) is 21.9. The van der Waals surface area contributed by atoms with E-state index in [2.05, 4.69) is 27.8 Å². The van der Waals surface area contributed by atoms with Gasteiger partial charge in [-0.3, -0.25) is 9.59 Å². The second-order valence-electron chi connectivity index (χ2n) is 6.90. The quantitative estimate of drug-likeness (QED) is 0.877. The van der Waals surface area contributed by atoms with E-state index < -0.39 is 0 Å². The lowest BCUT2D eigenvalue weighted by Crippen LogP contribution is -2.28. The monoisotopic (exact) mass is 335 g/mol. The van der Waals surface area contributed by atoms with Gasteiger partial charge < -0.3 is 10.6 Å². The molecule has 2 aliphatic carbocycles. The molecule has 0 radical (unpaired) electrons. The number of pyridine rings is 1. The summed E-state index contributed by atoms with van der Waals surface area (Å²) in [6.07, 6.45) is 5.54. The third-order valence-corrected chi connectivity index (χ3v) is 5.11. The van der Waals surface area contributed by atoms with Crippen LogP contribution in [0.5, 0.6) is 0 Å². The first-order valence-corrected chi connectivity index (χ1v) is 8.83. The Morgan fingerprint density at radius 2 is 1.76 bits per heavy atom. The van der Waals surface area contributed by atoms with Crippen LogP contribution >= 0.6 is 0 Å². The average Bonchev–Trinajstić information content (AvgIpc) is 3.37. The smallest absolute Gasteiger partial charge is 0.229 e. The van der Waals surface area contributed by atoms with Crippen molar-refractivity contribution < 1.29 is 9.59 Å². The molecule has 0 spiro atoms. The molecule has 2 fully saturated rings. The highest BCUT2D eigenvalue weighted by molar-refractivity contribution is 5.95. The lowest BCUT2D eigenvalue weighted by Gasteiger charge is -2.23. The van der Waals surface area contributed by atoms with E-state index in [9.17, 15) is 9.59 Å². The van der Waals surface area contributed by atoms with Gasteiger partial charge in [-0.1, -0.05) is 36.8 Å². The minimum Gasteiger partial charge on any atom is -0.324 e. The van der Waals surface area contributed by atoms with Crippen LogP contribution in [0.15, 0.2) is 48.7 Å². The molecule has 25 heavy (non-hydrogen) atoms. The van der Waals surface area contributed by atoms with Gasteiger partial charge >= 0.3 is 0 Å². The summed E-state index contributed by atoms with van der Waals surface area (Å²) >= 11 is 0. The van der Waals surface area contributed by atoms with Crippen molar-refractivity contribution >= 4 is 23.3 Å². The Labute approximate surface area is 146 Å². The molecule has 1 heterocycles. The molecule has 5 nitrogen and oxygen atoms in total. The third-order valence-electron chi connectivity index (χ3n) is 5.11. The summed E-state index contributed by atoms with van der Waals surface area (Å²) in [5.74, 6) is 1.06. The highest BCUT2D eigenvalue weighted by atomic mass is 16.2. The van der Waals surface area contributed by atoms with Gasteiger partial charge in [-0.2, -0.15) is 0 Å². The molecule has 2 saturated carbocycles. The topological polar surface area (TPSA) is 71.1 Å². The van der Waals surface area contributed by atoms with Gasteiger partial charge in [0.05, 0.1) is 11.9 Å². The molecule has 2 aromatic rings. The number of carbonyl (C=O) groups excluding carboxylic acids is 2. The van der Waals surface area contributed by atoms with Gasteiger partial charge in [-0.15, -0.1) is 0 Å². The van der Waals surface area contributed by atoms with Gasteiger partial charge in [-0.05, 0) is 42.9 Å². The predicted molar refractivity (Wildman–Crippen MR) is 96.1 cm³/mol. The molecule has 2 N–H and O–H groups in total. The Hall–Kier alpha value is -2.69. The van der Waals surface area contributed by atoms with Crippen LogP contribution in [0.2, 0.25) is 0 Å². The first kappa shape index (κ1) is 15.8. The van der Waals surface area contributed by atoms with Crippen LogP contribution in [-0.2, 0) is 9.59 Å². The fourth-order valence-corrected chi connectivity index (χ4v) is 3.23. The highest BCUT2D eigenvalue weighted by Crippen LogP contribution is 2.47. The minimum atomic E-state index is 0.00704. The number of nitrogens with one attached hydrogen (secondary N) is 2. The van der Waals surface area contributed by atoms with Gasteiger partial charge in [0.1, 0.15) is 5.82 Å². The van der Waals surface area contributed by atoms with E-state index in [1.165, 1.54) is 5.56 Å². The SMILES string of the molecule is O=C(Nc1ccc(NC(=O)[C@H]2C[C@@H]2c2ccccc2)nc1)C1CCC1. The van der Waals surface area contributed by atoms with Crippen molar-refractivity contribution in [2.45, 2.75) is 31.6 Å². The average molecular weight is 335 g/mol. The largest absolute Gasteiger partial charge is 0.324 e. The standard InChI is InChI=1S/C20H21N3O2/c24-19(14-7-4-8-14)22-15-9-10-18(21-12-15)23-20(25)17-11-16(17)13-5-2-1-3-6-13/h1-3,5-6,9-10,12,14,16-17H,4,7-8,11H2,(H,22,24)(H,21,23,25)/t16-,17+/m1/s1. The molecule has 128 valence electrons. The number of aromatic nitrogens is 1. The van der Waals surface area contributed by atoms with Crippen molar-refractivity contribution in [1.82, 2.24) is 4.98 Å².